The number of hydrogen-bond acceptors (Lipinski definition) is 3. The van der Waals surface area contributed by atoms with E-state index in [1.54, 1.807) is 0 Å². The monoisotopic (exact) mass is 538 g/mol. The number of Topliss-reactive ketones (excluding diaryl/α,β-unsaturated/α-hetero) is 1. The van der Waals surface area contributed by atoms with Gasteiger partial charge < -0.3 is 9.63 Å². The molecule has 2 bridgehead atoms. The molecule has 3 rings (SSSR count). The Morgan fingerprint density at radius 2 is 1.78 bits per heavy atom. The first-order valence-corrected chi connectivity index (χ1v) is 24.4. The van der Waals surface area contributed by atoms with E-state index >= 15 is 0 Å². The van der Waals surface area contributed by atoms with Crippen LogP contribution < -0.4 is 0 Å². The van der Waals surface area contributed by atoms with Gasteiger partial charge in [-0.15, -0.1) is 35.7 Å². The van der Waals surface area contributed by atoms with Crippen molar-refractivity contribution in [1.82, 2.24) is 0 Å². The lowest BCUT2D eigenvalue weighted by Gasteiger charge is -2.48. The number of hydrogen-bond donors (Lipinski definition) is 1. The van der Waals surface area contributed by atoms with Crippen molar-refractivity contribution in [1.29, 1.82) is 0 Å². The van der Waals surface area contributed by atoms with Crippen LogP contribution in [0.1, 0.15) is 40.5 Å². The van der Waals surface area contributed by atoms with Crippen molar-refractivity contribution in [3.8, 4) is 0 Å². The highest BCUT2D eigenvalue weighted by atomic mass is 33.1. The van der Waals surface area contributed by atoms with Gasteiger partial charge >= 0.3 is 0 Å². The van der Waals surface area contributed by atoms with Gasteiger partial charge in [0.15, 0.2) is 5.78 Å². The van der Waals surface area contributed by atoms with Crippen molar-refractivity contribution in [2.45, 2.75) is 52.2 Å². The van der Waals surface area contributed by atoms with Gasteiger partial charge in [-0.2, -0.15) is 0 Å². The molecule has 2 saturated carbocycles. The fourth-order valence-electron chi connectivity index (χ4n) is 5.83. The summed E-state index contributed by atoms with van der Waals surface area (Å²) in [4.78, 5) is 14.0. The molecule has 2 fully saturated rings. The van der Waals surface area contributed by atoms with Crippen LogP contribution in [0, 0.1) is 22.7 Å². The lowest BCUT2D eigenvalue weighted by molar-refractivity contribution is -0.141. The SMILES string of the molecule is CC1=CCC2C[C@]3(O)[C@H](C)C(OP(P(P)P)P(P)P(P)P)C(=O)C13C2(C)C. The average molecular weight is 538 g/mol. The average Bonchev–Trinajstić information content (AvgIpc) is 2.76. The van der Waals surface area contributed by atoms with Gasteiger partial charge in [-0.3, -0.25) is 4.79 Å². The van der Waals surface area contributed by atoms with E-state index in [0.717, 1.165) is 12.0 Å². The predicted molar refractivity (Wildman–Crippen MR) is 143 cm³/mol. The van der Waals surface area contributed by atoms with Crippen molar-refractivity contribution in [2.75, 3.05) is 0 Å². The maximum Gasteiger partial charge on any atom is 0.175 e. The van der Waals surface area contributed by atoms with Crippen LogP contribution in [0.25, 0.3) is 0 Å². The normalized spacial score (nSPS) is 42.4. The van der Waals surface area contributed by atoms with Crippen LogP contribution in [0.15, 0.2) is 11.6 Å². The van der Waals surface area contributed by atoms with Gasteiger partial charge in [-0.05, 0) is 45.1 Å². The molecule has 0 radical (unpaired) electrons. The molecule has 0 aliphatic heterocycles. The quantitative estimate of drug-likeness (QED) is 0.297. The minimum atomic E-state index is -0.998. The van der Waals surface area contributed by atoms with Gasteiger partial charge in [0.05, 0.1) is 18.5 Å². The zero-order valence-corrected chi connectivity index (χ0v) is 25.5. The molecule has 1 spiro atoms. The molecule has 12 heteroatoms. The van der Waals surface area contributed by atoms with E-state index < -0.39 is 31.6 Å². The third-order valence-corrected chi connectivity index (χ3v) is 47.3. The van der Waals surface area contributed by atoms with Crippen molar-refractivity contribution < 1.29 is 14.4 Å². The first-order chi connectivity index (χ1) is 12.3. The molecule has 0 heterocycles. The van der Waals surface area contributed by atoms with Crippen LogP contribution in [-0.2, 0) is 9.32 Å². The van der Waals surface area contributed by atoms with E-state index in [4.69, 9.17) is 4.52 Å². The van der Waals surface area contributed by atoms with Gasteiger partial charge in [0.2, 0.25) is 0 Å². The van der Waals surface area contributed by atoms with Crippen LogP contribution in [0.2, 0.25) is 0 Å². The summed E-state index contributed by atoms with van der Waals surface area (Å²) in [6.07, 6.45) is 3.36. The van der Waals surface area contributed by atoms with Crippen molar-refractivity contribution in [2.24, 2.45) is 22.7 Å². The molecule has 1 N–H and O–H groups in total. The summed E-state index contributed by atoms with van der Waals surface area (Å²) in [6.45, 7) is 7.35. The van der Waals surface area contributed by atoms with E-state index in [2.05, 4.69) is 71.5 Å². The summed E-state index contributed by atoms with van der Waals surface area (Å²) in [5.74, 6) is 0.300. The molecule has 0 amide bonds. The summed E-state index contributed by atoms with van der Waals surface area (Å²) in [5, 5.41) is 12.0. The minimum Gasteiger partial charge on any atom is -0.388 e. The number of carbonyl (C=O) groups is 1. The third kappa shape index (κ3) is 3.44. The molecule has 3 aliphatic rings. The Labute approximate surface area is 179 Å². The lowest BCUT2D eigenvalue weighted by Crippen LogP contribution is -2.54. The van der Waals surface area contributed by atoms with E-state index in [9.17, 15) is 9.90 Å². The van der Waals surface area contributed by atoms with Gasteiger partial charge in [0.25, 0.3) is 0 Å². The summed E-state index contributed by atoms with van der Waals surface area (Å²) in [7, 11) is 13.9. The van der Waals surface area contributed by atoms with Crippen LogP contribution in [-0.4, -0.2) is 22.6 Å². The summed E-state index contributed by atoms with van der Waals surface area (Å²) in [5.41, 5.74) is -0.974. The molecule has 0 aromatic carbocycles. The molecule has 154 valence electrons. The van der Waals surface area contributed by atoms with E-state index in [1.807, 2.05) is 6.92 Å². The molecule has 3 aliphatic carbocycles. The summed E-state index contributed by atoms with van der Waals surface area (Å²) >= 11 is 0. The van der Waals surface area contributed by atoms with Crippen molar-refractivity contribution in [3.63, 3.8) is 0 Å². The highest BCUT2D eigenvalue weighted by Crippen LogP contribution is 3.06. The molecule has 0 aromatic rings. The van der Waals surface area contributed by atoms with E-state index in [0.29, 0.717) is 12.3 Å². The van der Waals surface area contributed by atoms with Gasteiger partial charge in [0, 0.05) is 12.9 Å². The summed E-state index contributed by atoms with van der Waals surface area (Å²) < 4.78 is 6.66. The molecule has 0 saturated heterocycles. The number of carbonyl (C=O) groups excluding carboxylic acids is 1. The maximum atomic E-state index is 14.0. The highest BCUT2D eigenvalue weighted by Gasteiger charge is 2.80. The van der Waals surface area contributed by atoms with Crippen molar-refractivity contribution >= 4 is 78.9 Å². The maximum absolute atomic E-state index is 14.0. The smallest absolute Gasteiger partial charge is 0.175 e. The largest absolute Gasteiger partial charge is 0.388 e. The minimum absolute atomic E-state index is 0.128. The second-order valence-corrected chi connectivity index (χ2v) is 40.4. The fraction of sp³-hybridized carbons (Fsp3) is 0.800. The fourth-order valence-corrected chi connectivity index (χ4v) is 49.7. The second kappa shape index (κ2) is 8.52. The number of aliphatic hydroxyl groups is 1. The Balaban J connectivity index is 2.04. The molecular weight excluding hydrogens is 507 g/mol. The zero-order valence-electron chi connectivity index (χ0n) is 16.2. The topological polar surface area (TPSA) is 46.5 Å². The standard InChI is InChI=1S/C15H31O3P9/c1-8-5-6-10-7-14(17)9(2)11(12(16)15(8,14)13(10,3)4)18-24(25(19)20)27(23)26(21)22/h5,9-11,17H,6-7,19-23H2,1-4H3/t9-,10?,11?,14+,15?,24?,27?/m1/s1. The Kier molecular flexibility index (Phi) is 7.84. The lowest BCUT2D eigenvalue weighted by atomic mass is 9.54. The van der Waals surface area contributed by atoms with Gasteiger partial charge in [0.1, 0.15) is 6.10 Å². The molecule has 12 atom stereocenters. The Morgan fingerprint density at radius 3 is 2.30 bits per heavy atom. The molecule has 3 nitrogen and oxygen atoms in total. The molecular formula is C15H31O3P9. The van der Waals surface area contributed by atoms with E-state index in [-0.39, 0.29) is 31.1 Å². The number of allylic oxidation sites excluding steroid dienone is 1. The van der Waals surface area contributed by atoms with E-state index in [1.165, 1.54) is 0 Å². The Bertz CT molecular complexity index is 669. The van der Waals surface area contributed by atoms with Gasteiger partial charge in [-0.1, -0.05) is 41.3 Å². The highest BCUT2D eigenvalue weighted by molar-refractivity contribution is 9.07. The molecule has 0 aromatic heterocycles. The molecule has 10 unspecified atom stereocenters. The van der Waals surface area contributed by atoms with Crippen LogP contribution in [0.4, 0.5) is 0 Å². The first kappa shape index (κ1) is 24.8. The summed E-state index contributed by atoms with van der Waals surface area (Å²) in [6, 6.07) is 0. The molecule has 27 heavy (non-hydrogen) atoms. The van der Waals surface area contributed by atoms with Crippen LogP contribution in [0.3, 0.4) is 0 Å². The third-order valence-electron chi connectivity index (χ3n) is 7.15. The Hall–Kier alpha value is 3.20. The Morgan fingerprint density at radius 1 is 1.19 bits per heavy atom. The predicted octanol–water partition coefficient (Wildman–Crippen LogP) is 7.24. The van der Waals surface area contributed by atoms with Crippen molar-refractivity contribution in [3.05, 3.63) is 11.6 Å². The number of fused-ring (bicyclic) bond motifs is 1. The first-order valence-electron chi connectivity index (χ1n) is 8.88. The second-order valence-electron chi connectivity index (χ2n) is 8.43. The number of rotatable bonds is 5. The number of ketones is 1. The van der Waals surface area contributed by atoms with Crippen LogP contribution in [0.5, 0.6) is 0 Å². The van der Waals surface area contributed by atoms with Gasteiger partial charge in [-0.25, -0.2) is 0 Å². The van der Waals surface area contributed by atoms with Crippen LogP contribution >= 0.6 is 73.1 Å². The zero-order chi connectivity index (χ0) is 20.5.